The van der Waals surface area contributed by atoms with Gasteiger partial charge < -0.3 is 15.2 Å². The van der Waals surface area contributed by atoms with Crippen LogP contribution in [0.2, 0.25) is 0 Å². The molecule has 1 aliphatic rings. The van der Waals surface area contributed by atoms with Crippen LogP contribution in [-0.4, -0.2) is 48.3 Å². The maximum atomic E-state index is 13.9. The third-order valence-electron chi connectivity index (χ3n) is 7.07. The Kier molecular flexibility index (Phi) is 7.29. The molecule has 4 aromatic rings. The average Bonchev–Trinajstić information content (AvgIpc) is 3.25. The third kappa shape index (κ3) is 5.02. The van der Waals surface area contributed by atoms with Crippen LogP contribution in [-0.2, 0) is 26.6 Å². The van der Waals surface area contributed by atoms with Gasteiger partial charge in [-0.2, -0.15) is 0 Å². The highest BCUT2D eigenvalue weighted by molar-refractivity contribution is 5.94. The molecule has 0 spiro atoms. The van der Waals surface area contributed by atoms with Crippen LogP contribution < -0.4 is 21.2 Å². The molecule has 0 aliphatic carbocycles. The fraction of sp³-hybridized carbons (Fsp3) is 0.345. The molecule has 5 rings (SSSR count). The highest BCUT2D eigenvalue weighted by Crippen LogP contribution is 2.31. The Bertz CT molecular complexity index is 1700. The molecule has 0 bridgehead atoms. The molecular weight excluding hydrogens is 510 g/mol. The van der Waals surface area contributed by atoms with E-state index in [4.69, 9.17) is 9.73 Å². The Morgan fingerprint density at radius 2 is 1.90 bits per heavy atom. The van der Waals surface area contributed by atoms with Crippen molar-refractivity contribution in [3.8, 4) is 22.9 Å². The van der Waals surface area contributed by atoms with E-state index in [9.17, 15) is 14.7 Å². The predicted molar refractivity (Wildman–Crippen MR) is 150 cm³/mol. The van der Waals surface area contributed by atoms with E-state index >= 15 is 0 Å². The number of benzene rings is 2. The number of aryl methyl sites for hydroxylation is 5. The molecule has 2 aromatic heterocycles. The summed E-state index contributed by atoms with van der Waals surface area (Å²) in [6.45, 7) is 9.42. The summed E-state index contributed by atoms with van der Waals surface area (Å²) in [5, 5.41) is 19.8. The van der Waals surface area contributed by atoms with Gasteiger partial charge in [0.05, 0.1) is 18.0 Å². The first kappa shape index (κ1) is 26.9. The van der Waals surface area contributed by atoms with Gasteiger partial charge in [0.25, 0.3) is 11.8 Å². The number of nitrogens with zero attached hydrogens (tertiary/aromatic N) is 6. The predicted octanol–water partition coefficient (Wildman–Crippen LogP) is 2.69. The van der Waals surface area contributed by atoms with Crippen molar-refractivity contribution in [1.82, 2.24) is 29.4 Å². The largest absolute Gasteiger partial charge is 0.494 e. The van der Waals surface area contributed by atoms with Gasteiger partial charge in [-0.25, -0.2) is 14.5 Å². The van der Waals surface area contributed by atoms with E-state index < -0.39 is 11.8 Å². The molecule has 40 heavy (non-hydrogen) atoms. The van der Waals surface area contributed by atoms with Crippen LogP contribution in [0.1, 0.15) is 39.7 Å². The molecule has 2 N–H and O–H groups in total. The van der Waals surface area contributed by atoms with Gasteiger partial charge in [0.15, 0.2) is 5.69 Å². The lowest BCUT2D eigenvalue weighted by molar-refractivity contribution is 0.0939. The molecule has 11 heteroatoms. The normalized spacial score (nSPS) is 12.7. The SMILES string of the molecule is CCOc1ccc2c(c1)CCn1c-2c/c(=N\c2c(C)cc(C)cc2C)n(CCNC(=O)c2c(O)nnn2C)c1=O. The van der Waals surface area contributed by atoms with Crippen molar-refractivity contribution in [2.24, 2.45) is 12.0 Å². The number of aromatic nitrogens is 5. The zero-order valence-corrected chi connectivity index (χ0v) is 23.4. The van der Waals surface area contributed by atoms with Crippen LogP contribution in [0, 0.1) is 20.8 Å². The Balaban J connectivity index is 1.59. The van der Waals surface area contributed by atoms with Crippen molar-refractivity contribution in [3.63, 3.8) is 0 Å². The second kappa shape index (κ2) is 10.8. The molecule has 3 heterocycles. The quantitative estimate of drug-likeness (QED) is 0.369. The number of hydrogen-bond donors (Lipinski definition) is 2. The Labute approximate surface area is 231 Å². The van der Waals surface area contributed by atoms with Crippen LogP contribution in [0.25, 0.3) is 11.3 Å². The highest BCUT2D eigenvalue weighted by Gasteiger charge is 2.21. The lowest BCUT2D eigenvalue weighted by atomic mass is 9.97. The zero-order valence-electron chi connectivity index (χ0n) is 23.4. The second-order valence-electron chi connectivity index (χ2n) is 9.98. The van der Waals surface area contributed by atoms with E-state index in [1.54, 1.807) is 9.13 Å². The number of rotatable bonds is 7. The van der Waals surface area contributed by atoms with E-state index in [1.165, 1.54) is 11.7 Å². The first-order valence-corrected chi connectivity index (χ1v) is 13.3. The van der Waals surface area contributed by atoms with Crippen LogP contribution in [0.4, 0.5) is 5.69 Å². The molecule has 2 aromatic carbocycles. The monoisotopic (exact) mass is 543 g/mol. The van der Waals surface area contributed by atoms with Gasteiger partial charge in [0.1, 0.15) is 11.2 Å². The van der Waals surface area contributed by atoms with Crippen molar-refractivity contribution in [2.45, 2.75) is 47.2 Å². The maximum absolute atomic E-state index is 13.9. The summed E-state index contributed by atoms with van der Waals surface area (Å²) in [6, 6.07) is 12.0. The van der Waals surface area contributed by atoms with Gasteiger partial charge in [-0.05, 0) is 69.0 Å². The van der Waals surface area contributed by atoms with Crippen molar-refractivity contribution in [3.05, 3.63) is 80.3 Å². The topological polar surface area (TPSA) is 129 Å². The first-order valence-electron chi connectivity index (χ1n) is 13.3. The van der Waals surface area contributed by atoms with Gasteiger partial charge in [0, 0.05) is 38.3 Å². The van der Waals surface area contributed by atoms with Gasteiger partial charge in [-0.15, -0.1) is 0 Å². The summed E-state index contributed by atoms with van der Waals surface area (Å²) in [4.78, 5) is 31.6. The molecule has 0 unspecified atom stereocenters. The molecule has 0 saturated heterocycles. The minimum atomic E-state index is -0.536. The van der Waals surface area contributed by atoms with E-state index in [2.05, 4.69) is 27.8 Å². The van der Waals surface area contributed by atoms with E-state index in [0.29, 0.717) is 25.1 Å². The van der Waals surface area contributed by atoms with Gasteiger partial charge in [-0.1, -0.05) is 28.0 Å². The lowest BCUT2D eigenvalue weighted by Crippen LogP contribution is -2.44. The second-order valence-corrected chi connectivity index (χ2v) is 9.98. The van der Waals surface area contributed by atoms with E-state index in [1.807, 2.05) is 52.0 Å². The molecule has 11 nitrogen and oxygen atoms in total. The molecular formula is C29H33N7O4. The zero-order chi connectivity index (χ0) is 28.6. The van der Waals surface area contributed by atoms with Crippen LogP contribution in [0.5, 0.6) is 11.6 Å². The molecule has 0 fully saturated rings. The number of carbonyl (C=O) groups is 1. The number of fused-ring (bicyclic) bond motifs is 3. The van der Waals surface area contributed by atoms with Gasteiger partial charge in [-0.3, -0.25) is 13.9 Å². The fourth-order valence-electron chi connectivity index (χ4n) is 5.31. The highest BCUT2D eigenvalue weighted by atomic mass is 16.5. The van der Waals surface area contributed by atoms with Gasteiger partial charge in [0.2, 0.25) is 0 Å². The minimum absolute atomic E-state index is 0.0500. The Morgan fingerprint density at radius 3 is 2.58 bits per heavy atom. The number of ether oxygens (including phenoxy) is 1. The number of carbonyl (C=O) groups excluding carboxylic acids is 1. The summed E-state index contributed by atoms with van der Waals surface area (Å²) in [5.74, 6) is -0.177. The number of aromatic hydroxyl groups is 1. The first-order chi connectivity index (χ1) is 19.2. The van der Waals surface area contributed by atoms with E-state index in [0.717, 1.165) is 44.9 Å². The number of amides is 1. The van der Waals surface area contributed by atoms with Crippen molar-refractivity contribution < 1.29 is 14.6 Å². The summed E-state index contributed by atoms with van der Waals surface area (Å²) < 4.78 is 10.2. The van der Waals surface area contributed by atoms with Gasteiger partial charge >= 0.3 is 5.69 Å². The smallest absolute Gasteiger partial charge is 0.330 e. The molecule has 1 amide bonds. The number of hydrogen-bond acceptors (Lipinski definition) is 7. The standard InChI is InChI=1S/C29H33N7O4/c1-6-40-21-7-8-22-20(15-21)9-11-35-23(22)16-24(31-25-18(3)13-17(2)14-19(25)4)36(29(35)39)12-10-30-27(37)26-28(38)32-33-34(26)5/h7-8,13-16,38H,6,9-12H2,1-5H3,(H,30,37)/b31-24+. The van der Waals surface area contributed by atoms with Crippen LogP contribution in [0.15, 0.2) is 46.2 Å². The summed E-state index contributed by atoms with van der Waals surface area (Å²) in [7, 11) is 1.52. The van der Waals surface area contributed by atoms with Crippen LogP contribution >= 0.6 is 0 Å². The summed E-state index contributed by atoms with van der Waals surface area (Å²) >= 11 is 0. The number of nitrogens with one attached hydrogen (secondary N) is 1. The van der Waals surface area contributed by atoms with Crippen LogP contribution in [0.3, 0.4) is 0 Å². The third-order valence-corrected chi connectivity index (χ3v) is 7.07. The van der Waals surface area contributed by atoms with Crippen molar-refractivity contribution in [1.29, 1.82) is 0 Å². The van der Waals surface area contributed by atoms with Crippen molar-refractivity contribution in [2.75, 3.05) is 13.2 Å². The average molecular weight is 544 g/mol. The summed E-state index contributed by atoms with van der Waals surface area (Å²) in [6.07, 6.45) is 0.694. The van der Waals surface area contributed by atoms with Crippen molar-refractivity contribution >= 4 is 11.6 Å². The Hall–Kier alpha value is -4.67. The molecule has 0 radical (unpaired) electrons. The fourth-order valence-corrected chi connectivity index (χ4v) is 5.31. The van der Waals surface area contributed by atoms with E-state index in [-0.39, 0.29) is 24.5 Å². The maximum Gasteiger partial charge on any atom is 0.330 e. The molecule has 208 valence electrons. The molecule has 0 saturated carbocycles. The molecule has 0 atom stereocenters. The summed E-state index contributed by atoms with van der Waals surface area (Å²) in [5.41, 5.74) is 7.09. The minimum Gasteiger partial charge on any atom is -0.494 e. The lowest BCUT2D eigenvalue weighted by Gasteiger charge is -2.24. The molecule has 1 aliphatic heterocycles. The Morgan fingerprint density at radius 1 is 1.15 bits per heavy atom.